The lowest BCUT2D eigenvalue weighted by Crippen LogP contribution is -2.20. The minimum atomic E-state index is -0.393. The first-order chi connectivity index (χ1) is 9.63. The van der Waals surface area contributed by atoms with E-state index in [4.69, 9.17) is 11.5 Å². The van der Waals surface area contributed by atoms with Crippen molar-refractivity contribution < 1.29 is 4.79 Å². The molecular weight excluding hydrogens is 250 g/mol. The minimum absolute atomic E-state index is 0.393. The number of benzene rings is 2. The van der Waals surface area contributed by atoms with E-state index < -0.39 is 5.91 Å². The summed E-state index contributed by atoms with van der Waals surface area (Å²) in [6.07, 6.45) is 1.05. The molecule has 4 heteroatoms. The van der Waals surface area contributed by atoms with Gasteiger partial charge in [-0.2, -0.15) is 0 Å². The summed E-state index contributed by atoms with van der Waals surface area (Å²) >= 11 is 0. The van der Waals surface area contributed by atoms with Crippen LogP contribution in [-0.2, 0) is 13.0 Å². The number of carbonyl (C=O) groups is 1. The number of rotatable bonds is 3. The van der Waals surface area contributed by atoms with Crippen LogP contribution in [0.25, 0.3) is 0 Å². The zero-order chi connectivity index (χ0) is 14.1. The molecule has 0 spiro atoms. The van der Waals surface area contributed by atoms with Gasteiger partial charge in [0.1, 0.15) is 0 Å². The third-order valence-corrected chi connectivity index (χ3v) is 3.71. The number of primary amides is 1. The van der Waals surface area contributed by atoms with Crippen molar-refractivity contribution in [2.24, 2.45) is 5.73 Å². The Labute approximate surface area is 118 Å². The number of nitrogen functional groups attached to an aromatic ring is 1. The lowest BCUT2D eigenvalue weighted by Gasteiger charge is -2.20. The number of amides is 1. The molecule has 0 aliphatic carbocycles. The van der Waals surface area contributed by atoms with E-state index in [0.29, 0.717) is 5.56 Å². The fourth-order valence-electron chi connectivity index (χ4n) is 2.62. The van der Waals surface area contributed by atoms with E-state index in [1.165, 1.54) is 11.3 Å². The molecule has 0 bridgehead atoms. The van der Waals surface area contributed by atoms with Crippen LogP contribution in [0.3, 0.4) is 0 Å². The van der Waals surface area contributed by atoms with Crippen molar-refractivity contribution in [1.82, 2.24) is 0 Å². The van der Waals surface area contributed by atoms with Crippen LogP contribution in [0.15, 0.2) is 42.5 Å². The molecule has 1 heterocycles. The summed E-state index contributed by atoms with van der Waals surface area (Å²) in [7, 11) is 0. The van der Waals surface area contributed by atoms with E-state index in [2.05, 4.69) is 11.0 Å². The van der Waals surface area contributed by atoms with Gasteiger partial charge in [0.2, 0.25) is 5.91 Å². The topological polar surface area (TPSA) is 72.4 Å². The van der Waals surface area contributed by atoms with Gasteiger partial charge in [-0.1, -0.05) is 18.2 Å². The van der Waals surface area contributed by atoms with Crippen molar-refractivity contribution in [3.8, 4) is 0 Å². The summed E-state index contributed by atoms with van der Waals surface area (Å²) in [6, 6.07) is 13.5. The molecule has 4 nitrogen and oxygen atoms in total. The highest BCUT2D eigenvalue weighted by Gasteiger charge is 2.19. The molecule has 2 aromatic carbocycles. The maximum absolute atomic E-state index is 11.1. The van der Waals surface area contributed by atoms with E-state index >= 15 is 0 Å². The third-order valence-electron chi connectivity index (χ3n) is 3.71. The van der Waals surface area contributed by atoms with Crippen molar-refractivity contribution in [1.29, 1.82) is 0 Å². The molecule has 1 amide bonds. The molecule has 0 saturated heterocycles. The summed E-state index contributed by atoms with van der Waals surface area (Å²) in [5.41, 5.74) is 16.1. The van der Waals surface area contributed by atoms with Crippen molar-refractivity contribution >= 4 is 17.3 Å². The lowest BCUT2D eigenvalue weighted by molar-refractivity contribution is 0.100. The highest BCUT2D eigenvalue weighted by molar-refractivity contribution is 5.92. The van der Waals surface area contributed by atoms with Gasteiger partial charge in [-0.25, -0.2) is 0 Å². The van der Waals surface area contributed by atoms with Gasteiger partial charge in [0.15, 0.2) is 0 Å². The number of hydrogen-bond donors (Lipinski definition) is 2. The highest BCUT2D eigenvalue weighted by atomic mass is 16.1. The fraction of sp³-hybridized carbons (Fsp3) is 0.188. The van der Waals surface area contributed by atoms with Gasteiger partial charge in [-0.3, -0.25) is 4.79 Å². The van der Waals surface area contributed by atoms with Crippen molar-refractivity contribution in [2.45, 2.75) is 13.0 Å². The standard InChI is InChI=1S/C16H17N3O/c17-14-6-5-12-7-8-19(15(12)9-14)10-11-1-3-13(4-2-11)16(18)20/h1-6,9H,7-8,10,17H2,(H2,18,20). The van der Waals surface area contributed by atoms with Gasteiger partial charge >= 0.3 is 0 Å². The molecule has 0 radical (unpaired) electrons. The molecule has 102 valence electrons. The first-order valence-corrected chi connectivity index (χ1v) is 6.65. The van der Waals surface area contributed by atoms with Gasteiger partial charge in [-0.05, 0) is 41.8 Å². The summed E-state index contributed by atoms with van der Waals surface area (Å²) in [6.45, 7) is 1.81. The van der Waals surface area contributed by atoms with Crippen LogP contribution in [0, 0.1) is 0 Å². The van der Waals surface area contributed by atoms with Crippen LogP contribution in [0.4, 0.5) is 11.4 Å². The molecule has 4 N–H and O–H groups in total. The second-order valence-corrected chi connectivity index (χ2v) is 5.12. The second-order valence-electron chi connectivity index (χ2n) is 5.12. The largest absolute Gasteiger partial charge is 0.399 e. The minimum Gasteiger partial charge on any atom is -0.399 e. The van der Waals surface area contributed by atoms with Gasteiger partial charge in [-0.15, -0.1) is 0 Å². The Hall–Kier alpha value is -2.49. The number of anilines is 2. The molecule has 0 fully saturated rings. The normalized spacial score (nSPS) is 13.3. The molecule has 1 aliphatic rings. The first-order valence-electron chi connectivity index (χ1n) is 6.65. The van der Waals surface area contributed by atoms with Crippen LogP contribution < -0.4 is 16.4 Å². The van der Waals surface area contributed by atoms with Crippen molar-refractivity contribution in [3.05, 3.63) is 59.2 Å². The quantitative estimate of drug-likeness (QED) is 0.835. The SMILES string of the molecule is NC(=O)c1ccc(CN2CCc3ccc(N)cc32)cc1. The molecule has 1 aliphatic heterocycles. The zero-order valence-electron chi connectivity index (χ0n) is 11.2. The molecule has 0 atom stereocenters. The molecule has 0 aromatic heterocycles. The summed E-state index contributed by atoms with van der Waals surface area (Å²) in [5, 5.41) is 0. The number of fused-ring (bicyclic) bond motifs is 1. The highest BCUT2D eigenvalue weighted by Crippen LogP contribution is 2.31. The Morgan fingerprint density at radius 3 is 2.60 bits per heavy atom. The first kappa shape index (κ1) is 12.5. The maximum atomic E-state index is 11.1. The van der Waals surface area contributed by atoms with E-state index in [1.54, 1.807) is 12.1 Å². The lowest BCUT2D eigenvalue weighted by atomic mass is 10.1. The summed E-state index contributed by atoms with van der Waals surface area (Å²) in [5.74, 6) is -0.393. The predicted molar refractivity (Wildman–Crippen MR) is 80.6 cm³/mol. The van der Waals surface area contributed by atoms with Crippen molar-refractivity contribution in [2.75, 3.05) is 17.2 Å². The van der Waals surface area contributed by atoms with Gasteiger partial charge in [0.25, 0.3) is 0 Å². The van der Waals surface area contributed by atoms with Crippen LogP contribution in [0.5, 0.6) is 0 Å². The van der Waals surface area contributed by atoms with E-state index in [9.17, 15) is 4.79 Å². The third kappa shape index (κ3) is 2.32. The Bertz CT molecular complexity index is 649. The summed E-state index contributed by atoms with van der Waals surface area (Å²) < 4.78 is 0. The van der Waals surface area contributed by atoms with Gasteiger partial charge < -0.3 is 16.4 Å². The van der Waals surface area contributed by atoms with Crippen LogP contribution in [-0.4, -0.2) is 12.5 Å². The zero-order valence-corrected chi connectivity index (χ0v) is 11.2. The van der Waals surface area contributed by atoms with Crippen LogP contribution in [0.2, 0.25) is 0 Å². The van der Waals surface area contributed by atoms with E-state index in [-0.39, 0.29) is 0 Å². The molecular formula is C16H17N3O. The van der Waals surface area contributed by atoms with Crippen LogP contribution >= 0.6 is 0 Å². The smallest absolute Gasteiger partial charge is 0.248 e. The molecule has 2 aromatic rings. The molecule has 0 saturated carbocycles. The molecule has 0 unspecified atom stereocenters. The predicted octanol–water partition coefficient (Wildman–Crippen LogP) is 1.93. The average molecular weight is 267 g/mol. The van der Waals surface area contributed by atoms with Gasteiger partial charge in [0.05, 0.1) is 0 Å². The Morgan fingerprint density at radius 2 is 1.90 bits per heavy atom. The Morgan fingerprint density at radius 1 is 1.15 bits per heavy atom. The monoisotopic (exact) mass is 267 g/mol. The number of carbonyl (C=O) groups excluding carboxylic acids is 1. The van der Waals surface area contributed by atoms with Crippen LogP contribution in [0.1, 0.15) is 21.5 Å². The summed E-state index contributed by atoms with van der Waals surface area (Å²) in [4.78, 5) is 13.4. The number of nitrogens with zero attached hydrogens (tertiary/aromatic N) is 1. The average Bonchev–Trinajstić information content (AvgIpc) is 2.82. The Balaban J connectivity index is 1.80. The Kier molecular flexibility index (Phi) is 3.06. The molecule has 20 heavy (non-hydrogen) atoms. The van der Waals surface area contributed by atoms with E-state index in [0.717, 1.165) is 30.8 Å². The maximum Gasteiger partial charge on any atom is 0.248 e. The molecule has 3 rings (SSSR count). The number of hydrogen-bond acceptors (Lipinski definition) is 3. The second kappa shape index (κ2) is 4.89. The van der Waals surface area contributed by atoms with Crippen molar-refractivity contribution in [3.63, 3.8) is 0 Å². The fourth-order valence-corrected chi connectivity index (χ4v) is 2.62. The van der Waals surface area contributed by atoms with E-state index in [1.807, 2.05) is 24.3 Å². The number of nitrogens with two attached hydrogens (primary N) is 2. The van der Waals surface area contributed by atoms with Gasteiger partial charge in [0, 0.05) is 30.0 Å².